The maximum Gasteiger partial charge on any atom is 0.303 e. The molecule has 0 heterocycles. The van der Waals surface area contributed by atoms with Crippen LogP contribution in [0, 0.1) is 0 Å². The van der Waals surface area contributed by atoms with Crippen LogP contribution >= 0.6 is 15.9 Å². The first-order valence-corrected chi connectivity index (χ1v) is 4.81. The van der Waals surface area contributed by atoms with Gasteiger partial charge in [0.15, 0.2) is 0 Å². The number of esters is 1. The number of carbonyl (C=O) groups excluding carboxylic acids is 1. The van der Waals surface area contributed by atoms with E-state index in [0.717, 1.165) is 10.0 Å². The number of hydrogen-bond donors (Lipinski definition) is 0. The van der Waals surface area contributed by atoms with Crippen molar-refractivity contribution >= 4 is 21.9 Å². The molecule has 0 spiro atoms. The molecule has 0 aliphatic rings. The summed E-state index contributed by atoms with van der Waals surface area (Å²) < 4.78 is 6.04. The lowest BCUT2D eigenvalue weighted by Crippen LogP contribution is -2.04. The Bertz CT molecular complexity index is 292. The van der Waals surface area contributed by atoms with Gasteiger partial charge in [0.05, 0.1) is 0 Å². The van der Waals surface area contributed by atoms with Gasteiger partial charge in [0.2, 0.25) is 0 Å². The third-order valence-corrected chi connectivity index (χ3v) is 2.21. The number of benzene rings is 1. The zero-order valence-electron chi connectivity index (χ0n) is 7.58. The summed E-state index contributed by atoms with van der Waals surface area (Å²) in [5, 5.41) is 0. The van der Waals surface area contributed by atoms with Crippen LogP contribution < -0.4 is 0 Å². The molecule has 0 N–H and O–H groups in total. The van der Waals surface area contributed by atoms with E-state index < -0.39 is 0 Å². The molecule has 0 aliphatic heterocycles. The Kier molecular flexibility index (Phi) is 3.48. The molecule has 1 atom stereocenters. The molecule has 0 aliphatic carbocycles. The van der Waals surface area contributed by atoms with E-state index >= 15 is 0 Å². The lowest BCUT2D eigenvalue weighted by molar-refractivity contribution is -0.145. The Morgan fingerprint density at radius 1 is 1.38 bits per heavy atom. The molecule has 0 fully saturated rings. The Balaban J connectivity index is 2.71. The first kappa shape index (κ1) is 10.3. The second-order valence-electron chi connectivity index (χ2n) is 2.80. The van der Waals surface area contributed by atoms with Crippen molar-refractivity contribution in [2.24, 2.45) is 0 Å². The van der Waals surface area contributed by atoms with E-state index in [9.17, 15) is 4.79 Å². The van der Waals surface area contributed by atoms with E-state index in [1.807, 2.05) is 31.2 Å². The summed E-state index contributed by atoms with van der Waals surface area (Å²) in [6.07, 6.45) is -0.175. The van der Waals surface area contributed by atoms with Crippen molar-refractivity contribution in [3.05, 3.63) is 34.3 Å². The molecule has 0 amide bonds. The SMILES string of the molecule is CC(=O)O[C@@H](C)c1ccc(Br)cc1. The van der Waals surface area contributed by atoms with Gasteiger partial charge in [-0.1, -0.05) is 28.1 Å². The predicted octanol–water partition coefficient (Wildman–Crippen LogP) is 3.07. The zero-order chi connectivity index (χ0) is 9.84. The Morgan fingerprint density at radius 3 is 2.38 bits per heavy atom. The number of hydrogen-bond acceptors (Lipinski definition) is 2. The highest BCUT2D eigenvalue weighted by Gasteiger charge is 2.07. The molecular formula is C10H11BrO2. The van der Waals surface area contributed by atoms with Crippen LogP contribution in [0.5, 0.6) is 0 Å². The minimum absolute atomic E-state index is 0.175. The highest BCUT2D eigenvalue weighted by Crippen LogP contribution is 2.19. The number of ether oxygens (including phenoxy) is 1. The lowest BCUT2D eigenvalue weighted by atomic mass is 10.1. The van der Waals surface area contributed by atoms with Crippen LogP contribution in [0.15, 0.2) is 28.7 Å². The summed E-state index contributed by atoms with van der Waals surface area (Å²) in [6.45, 7) is 3.26. The van der Waals surface area contributed by atoms with Crippen molar-refractivity contribution in [2.45, 2.75) is 20.0 Å². The summed E-state index contributed by atoms with van der Waals surface area (Å²) in [7, 11) is 0. The van der Waals surface area contributed by atoms with Crippen molar-refractivity contribution in [2.75, 3.05) is 0 Å². The molecule has 2 nitrogen and oxygen atoms in total. The molecule has 0 saturated heterocycles. The van der Waals surface area contributed by atoms with Gasteiger partial charge in [0.25, 0.3) is 0 Å². The van der Waals surface area contributed by atoms with Crippen molar-refractivity contribution in [3.63, 3.8) is 0 Å². The summed E-state index contributed by atoms with van der Waals surface area (Å²) in [5.41, 5.74) is 0.999. The van der Waals surface area contributed by atoms with Gasteiger partial charge in [-0.2, -0.15) is 0 Å². The van der Waals surface area contributed by atoms with E-state index in [-0.39, 0.29) is 12.1 Å². The fraction of sp³-hybridized carbons (Fsp3) is 0.300. The minimum atomic E-state index is -0.254. The van der Waals surface area contributed by atoms with Crippen LogP contribution in [0.2, 0.25) is 0 Å². The number of halogens is 1. The monoisotopic (exact) mass is 242 g/mol. The lowest BCUT2D eigenvalue weighted by Gasteiger charge is -2.11. The van der Waals surface area contributed by atoms with E-state index in [2.05, 4.69) is 15.9 Å². The zero-order valence-corrected chi connectivity index (χ0v) is 9.17. The summed E-state index contributed by atoms with van der Waals surface area (Å²) >= 11 is 3.34. The first-order valence-electron chi connectivity index (χ1n) is 4.02. The van der Waals surface area contributed by atoms with Crippen LogP contribution in [-0.2, 0) is 9.53 Å². The Labute approximate surface area is 86.0 Å². The molecular weight excluding hydrogens is 232 g/mol. The molecule has 0 aromatic heterocycles. The fourth-order valence-electron chi connectivity index (χ4n) is 1.05. The van der Waals surface area contributed by atoms with Gasteiger partial charge in [-0.25, -0.2) is 0 Å². The van der Waals surface area contributed by atoms with Crippen molar-refractivity contribution in [1.82, 2.24) is 0 Å². The molecule has 0 saturated carbocycles. The van der Waals surface area contributed by atoms with Crippen LogP contribution in [0.25, 0.3) is 0 Å². The van der Waals surface area contributed by atoms with Crippen molar-refractivity contribution < 1.29 is 9.53 Å². The first-order chi connectivity index (χ1) is 6.09. The van der Waals surface area contributed by atoms with Gasteiger partial charge in [0, 0.05) is 11.4 Å². The van der Waals surface area contributed by atoms with Gasteiger partial charge >= 0.3 is 5.97 Å². The molecule has 1 aromatic rings. The average molecular weight is 243 g/mol. The van der Waals surface area contributed by atoms with Gasteiger partial charge in [-0.05, 0) is 24.6 Å². The maximum absolute atomic E-state index is 10.7. The third kappa shape index (κ3) is 3.19. The highest BCUT2D eigenvalue weighted by molar-refractivity contribution is 9.10. The second kappa shape index (κ2) is 4.42. The van der Waals surface area contributed by atoms with E-state index in [1.54, 1.807) is 0 Å². The molecule has 0 unspecified atom stereocenters. The average Bonchev–Trinajstić information content (AvgIpc) is 2.04. The number of carbonyl (C=O) groups is 1. The van der Waals surface area contributed by atoms with E-state index in [4.69, 9.17) is 4.74 Å². The standard InChI is InChI=1S/C10H11BrO2/c1-7(13-8(2)12)9-3-5-10(11)6-4-9/h3-7H,1-2H3/t7-/m0/s1. The Hall–Kier alpha value is -0.830. The molecule has 1 aromatic carbocycles. The predicted molar refractivity (Wildman–Crippen MR) is 54.3 cm³/mol. The topological polar surface area (TPSA) is 26.3 Å². The van der Waals surface area contributed by atoms with E-state index in [1.165, 1.54) is 6.92 Å². The van der Waals surface area contributed by atoms with Gasteiger partial charge < -0.3 is 4.74 Å². The normalized spacial score (nSPS) is 12.2. The molecule has 70 valence electrons. The summed E-state index contributed by atoms with van der Waals surface area (Å²) in [5.74, 6) is -0.254. The van der Waals surface area contributed by atoms with Crippen molar-refractivity contribution in [1.29, 1.82) is 0 Å². The summed E-state index contributed by atoms with van der Waals surface area (Å²) in [4.78, 5) is 10.7. The summed E-state index contributed by atoms with van der Waals surface area (Å²) in [6, 6.07) is 7.71. The molecule has 1 rings (SSSR count). The second-order valence-corrected chi connectivity index (χ2v) is 3.72. The van der Waals surface area contributed by atoms with E-state index in [0.29, 0.717) is 0 Å². The molecule has 0 bridgehead atoms. The van der Waals surface area contributed by atoms with Crippen LogP contribution in [0.1, 0.15) is 25.5 Å². The third-order valence-electron chi connectivity index (χ3n) is 1.68. The smallest absolute Gasteiger partial charge is 0.303 e. The fourth-order valence-corrected chi connectivity index (χ4v) is 1.32. The largest absolute Gasteiger partial charge is 0.458 e. The minimum Gasteiger partial charge on any atom is -0.458 e. The maximum atomic E-state index is 10.7. The van der Waals surface area contributed by atoms with Crippen LogP contribution in [0.3, 0.4) is 0 Å². The molecule has 13 heavy (non-hydrogen) atoms. The van der Waals surface area contributed by atoms with Gasteiger partial charge in [-0.15, -0.1) is 0 Å². The van der Waals surface area contributed by atoms with Crippen LogP contribution in [0.4, 0.5) is 0 Å². The quantitative estimate of drug-likeness (QED) is 0.746. The number of rotatable bonds is 2. The molecule has 0 radical (unpaired) electrons. The Morgan fingerprint density at radius 2 is 1.92 bits per heavy atom. The van der Waals surface area contributed by atoms with Gasteiger partial charge in [-0.3, -0.25) is 4.79 Å². The highest BCUT2D eigenvalue weighted by atomic mass is 79.9. The molecule has 3 heteroatoms. The van der Waals surface area contributed by atoms with Gasteiger partial charge in [0.1, 0.15) is 6.10 Å². The van der Waals surface area contributed by atoms with Crippen LogP contribution in [-0.4, -0.2) is 5.97 Å². The van der Waals surface area contributed by atoms with Crippen molar-refractivity contribution in [3.8, 4) is 0 Å².